The molecule has 5 nitrogen and oxygen atoms in total. The minimum absolute atomic E-state index is 0.222. The van der Waals surface area contributed by atoms with Crippen LogP contribution in [0.2, 0.25) is 0 Å². The summed E-state index contributed by atoms with van der Waals surface area (Å²) in [5.74, 6) is 0.921. The number of hydrogen-bond donors (Lipinski definition) is 1. The van der Waals surface area contributed by atoms with E-state index in [9.17, 15) is 9.46 Å². The summed E-state index contributed by atoms with van der Waals surface area (Å²) in [6.07, 6.45) is 7.71. The van der Waals surface area contributed by atoms with E-state index in [-0.39, 0.29) is 12.7 Å². The van der Waals surface area contributed by atoms with Gasteiger partial charge in [0.2, 0.25) is 0 Å². The van der Waals surface area contributed by atoms with E-state index in [2.05, 4.69) is 13.8 Å². The lowest BCUT2D eigenvalue weighted by Crippen LogP contribution is -2.21. The van der Waals surface area contributed by atoms with E-state index >= 15 is 0 Å². The average molecular weight is 352 g/mol. The average Bonchev–Trinajstić information content (AvgIpc) is 2.45. The summed E-state index contributed by atoms with van der Waals surface area (Å²) >= 11 is 0. The molecule has 6 heteroatoms. The maximum atomic E-state index is 11.7. The zero-order chi connectivity index (χ0) is 17.7. The SMILES string of the molecule is CCCCCCC(CC)C(CCOP(=O)(O)OC(C)C)COC. The molecule has 0 radical (unpaired) electrons. The van der Waals surface area contributed by atoms with Gasteiger partial charge in [-0.2, -0.15) is 0 Å². The Balaban J connectivity index is 4.33. The molecular formula is C17H37O5P. The smallest absolute Gasteiger partial charge is 0.384 e. The van der Waals surface area contributed by atoms with Crippen LogP contribution in [-0.2, 0) is 18.3 Å². The van der Waals surface area contributed by atoms with Gasteiger partial charge in [0.25, 0.3) is 0 Å². The lowest BCUT2D eigenvalue weighted by molar-refractivity contribution is 0.0796. The summed E-state index contributed by atoms with van der Waals surface area (Å²) in [7, 11) is -2.23. The van der Waals surface area contributed by atoms with Crippen LogP contribution in [0.1, 0.15) is 72.6 Å². The van der Waals surface area contributed by atoms with Crippen molar-refractivity contribution in [1.29, 1.82) is 0 Å². The van der Waals surface area contributed by atoms with E-state index < -0.39 is 7.82 Å². The first-order valence-corrected chi connectivity index (χ1v) is 10.5. The van der Waals surface area contributed by atoms with E-state index in [4.69, 9.17) is 13.8 Å². The van der Waals surface area contributed by atoms with Crippen molar-refractivity contribution >= 4 is 7.82 Å². The second-order valence-corrected chi connectivity index (χ2v) is 7.88. The van der Waals surface area contributed by atoms with Crippen LogP contribution in [0.5, 0.6) is 0 Å². The van der Waals surface area contributed by atoms with Gasteiger partial charge in [-0.25, -0.2) is 4.57 Å². The molecule has 0 saturated heterocycles. The van der Waals surface area contributed by atoms with Crippen LogP contribution in [0.3, 0.4) is 0 Å². The highest BCUT2D eigenvalue weighted by molar-refractivity contribution is 7.47. The number of rotatable bonds is 15. The van der Waals surface area contributed by atoms with Crippen molar-refractivity contribution in [3.8, 4) is 0 Å². The summed E-state index contributed by atoms with van der Waals surface area (Å²) in [5.41, 5.74) is 0. The van der Waals surface area contributed by atoms with Crippen molar-refractivity contribution in [1.82, 2.24) is 0 Å². The van der Waals surface area contributed by atoms with Gasteiger partial charge in [0, 0.05) is 13.7 Å². The Morgan fingerprint density at radius 1 is 1.04 bits per heavy atom. The van der Waals surface area contributed by atoms with Crippen LogP contribution in [0.4, 0.5) is 0 Å². The third-order valence-electron chi connectivity index (χ3n) is 4.09. The van der Waals surface area contributed by atoms with E-state index in [1.807, 2.05) is 0 Å². The van der Waals surface area contributed by atoms with Gasteiger partial charge in [-0.05, 0) is 32.1 Å². The molecule has 0 aromatic rings. The molecule has 0 amide bonds. The molecule has 0 heterocycles. The van der Waals surface area contributed by atoms with Crippen molar-refractivity contribution in [2.24, 2.45) is 11.8 Å². The summed E-state index contributed by atoms with van der Waals surface area (Å²) in [4.78, 5) is 9.60. The van der Waals surface area contributed by atoms with Crippen LogP contribution in [-0.4, -0.2) is 31.3 Å². The second-order valence-electron chi connectivity index (χ2n) is 6.48. The lowest BCUT2D eigenvalue weighted by Gasteiger charge is -2.26. The summed E-state index contributed by atoms with van der Waals surface area (Å²) in [6, 6.07) is 0. The molecule has 140 valence electrons. The molecule has 0 bridgehead atoms. The number of phosphoric ester groups is 1. The maximum Gasteiger partial charge on any atom is 0.472 e. The van der Waals surface area contributed by atoms with Gasteiger partial charge in [0.15, 0.2) is 0 Å². The van der Waals surface area contributed by atoms with Gasteiger partial charge in [0.1, 0.15) is 0 Å². The Bertz CT molecular complexity index is 322. The zero-order valence-electron chi connectivity index (χ0n) is 15.6. The molecule has 23 heavy (non-hydrogen) atoms. The van der Waals surface area contributed by atoms with Gasteiger partial charge < -0.3 is 9.63 Å². The quantitative estimate of drug-likeness (QED) is 0.325. The highest BCUT2D eigenvalue weighted by Gasteiger charge is 2.25. The van der Waals surface area contributed by atoms with Crippen LogP contribution >= 0.6 is 7.82 Å². The number of methoxy groups -OCH3 is 1. The molecule has 0 saturated carbocycles. The largest absolute Gasteiger partial charge is 0.472 e. The molecule has 0 aliphatic carbocycles. The first-order chi connectivity index (χ1) is 10.9. The summed E-state index contributed by atoms with van der Waals surface area (Å²) < 4.78 is 27.1. The Morgan fingerprint density at radius 2 is 1.74 bits per heavy atom. The van der Waals surface area contributed by atoms with Gasteiger partial charge >= 0.3 is 7.82 Å². The minimum Gasteiger partial charge on any atom is -0.384 e. The molecule has 0 fully saturated rings. The molecule has 0 spiro atoms. The third-order valence-corrected chi connectivity index (χ3v) is 5.28. The first kappa shape index (κ1) is 23.1. The topological polar surface area (TPSA) is 65.0 Å². The molecule has 3 unspecified atom stereocenters. The minimum atomic E-state index is -3.93. The lowest BCUT2D eigenvalue weighted by atomic mass is 9.84. The maximum absolute atomic E-state index is 11.7. The third kappa shape index (κ3) is 12.1. The fraction of sp³-hybridized carbons (Fsp3) is 1.00. The van der Waals surface area contributed by atoms with Crippen molar-refractivity contribution in [3.63, 3.8) is 0 Å². The summed E-state index contributed by atoms with van der Waals surface area (Å²) in [5, 5.41) is 0. The van der Waals surface area contributed by atoms with Crippen LogP contribution in [0.15, 0.2) is 0 Å². The van der Waals surface area contributed by atoms with Crippen LogP contribution in [0.25, 0.3) is 0 Å². The fourth-order valence-corrected chi connectivity index (χ4v) is 3.82. The van der Waals surface area contributed by atoms with Crippen molar-refractivity contribution in [2.45, 2.75) is 78.7 Å². The van der Waals surface area contributed by atoms with E-state index in [1.165, 1.54) is 32.1 Å². The van der Waals surface area contributed by atoms with Crippen molar-refractivity contribution in [3.05, 3.63) is 0 Å². The highest BCUT2D eigenvalue weighted by atomic mass is 31.2. The van der Waals surface area contributed by atoms with E-state index in [0.29, 0.717) is 24.9 Å². The molecule has 0 aliphatic rings. The van der Waals surface area contributed by atoms with Gasteiger partial charge in [-0.1, -0.05) is 52.4 Å². The zero-order valence-corrected chi connectivity index (χ0v) is 16.5. The summed E-state index contributed by atoms with van der Waals surface area (Å²) in [6.45, 7) is 8.73. The second kappa shape index (κ2) is 13.4. The molecule has 0 aliphatic heterocycles. The first-order valence-electron chi connectivity index (χ1n) is 9.00. The number of hydrogen-bond acceptors (Lipinski definition) is 4. The van der Waals surface area contributed by atoms with Gasteiger partial charge in [0.05, 0.1) is 12.7 Å². The Labute approximate surface area is 142 Å². The Morgan fingerprint density at radius 3 is 2.26 bits per heavy atom. The standard InChI is InChI=1S/C17H37O5P/c1-6-8-9-10-11-16(7-2)17(14-20-5)12-13-21-23(18,19)22-15(3)4/h15-17H,6-14H2,1-5H3,(H,18,19). The van der Waals surface area contributed by atoms with E-state index in [1.54, 1.807) is 21.0 Å². The Hall–Kier alpha value is 0.0700. The molecule has 0 aromatic carbocycles. The van der Waals surface area contributed by atoms with Crippen LogP contribution in [0, 0.1) is 11.8 Å². The predicted octanol–water partition coefficient (Wildman–Crippen LogP) is 5.18. The van der Waals surface area contributed by atoms with E-state index in [0.717, 1.165) is 6.42 Å². The van der Waals surface area contributed by atoms with Gasteiger partial charge in [-0.3, -0.25) is 9.05 Å². The number of ether oxygens (including phenoxy) is 1. The molecule has 0 rings (SSSR count). The highest BCUT2D eigenvalue weighted by Crippen LogP contribution is 2.44. The Kier molecular flexibility index (Phi) is 13.4. The normalized spacial score (nSPS) is 17.2. The molecule has 0 aromatic heterocycles. The fourth-order valence-electron chi connectivity index (χ4n) is 2.89. The predicted molar refractivity (Wildman–Crippen MR) is 94.5 cm³/mol. The van der Waals surface area contributed by atoms with Crippen molar-refractivity contribution < 1.29 is 23.2 Å². The molecular weight excluding hydrogens is 315 g/mol. The number of phosphoric acid groups is 1. The molecule has 3 atom stereocenters. The monoisotopic (exact) mass is 352 g/mol. The van der Waals surface area contributed by atoms with Crippen LogP contribution < -0.4 is 0 Å². The molecule has 1 N–H and O–H groups in total. The number of unbranched alkanes of at least 4 members (excludes halogenated alkanes) is 3. The van der Waals surface area contributed by atoms with Gasteiger partial charge in [-0.15, -0.1) is 0 Å². The van der Waals surface area contributed by atoms with Crippen molar-refractivity contribution in [2.75, 3.05) is 20.3 Å².